The van der Waals surface area contributed by atoms with Crippen molar-refractivity contribution >= 4 is 5.91 Å². The molecule has 2 nitrogen and oxygen atoms in total. The quantitative estimate of drug-likeness (QED) is 0.343. The van der Waals surface area contributed by atoms with Gasteiger partial charge in [0.05, 0.1) is 0 Å². The van der Waals surface area contributed by atoms with Crippen molar-refractivity contribution in [3.8, 4) is 0 Å². The lowest BCUT2D eigenvalue weighted by Gasteiger charge is -2.61. The van der Waals surface area contributed by atoms with Crippen molar-refractivity contribution in [3.63, 3.8) is 0 Å². The second-order valence-corrected chi connectivity index (χ2v) is 14.2. The monoisotopic (exact) mass is 469 g/mol. The van der Waals surface area contributed by atoms with Crippen LogP contribution in [-0.4, -0.2) is 23.9 Å². The molecule has 0 aliphatic heterocycles. The number of likely N-dealkylation sites (N-methyl/N-ethyl adjacent to an activating group) is 1. The van der Waals surface area contributed by atoms with Crippen LogP contribution in [0.4, 0.5) is 0 Å². The third-order valence-corrected chi connectivity index (χ3v) is 12.7. The third kappa shape index (κ3) is 4.43. The van der Waals surface area contributed by atoms with E-state index in [1.54, 1.807) is 0 Å². The van der Waals surface area contributed by atoms with Gasteiger partial charge in [-0.2, -0.15) is 0 Å². The predicted molar refractivity (Wildman–Crippen MR) is 144 cm³/mol. The molecule has 0 aromatic heterocycles. The van der Waals surface area contributed by atoms with E-state index in [-0.39, 0.29) is 5.91 Å². The molecule has 0 N–H and O–H groups in total. The van der Waals surface area contributed by atoms with Gasteiger partial charge >= 0.3 is 0 Å². The molecule has 0 radical (unpaired) electrons. The van der Waals surface area contributed by atoms with E-state index < -0.39 is 0 Å². The Hall–Kier alpha value is -0.790. The summed E-state index contributed by atoms with van der Waals surface area (Å²) in [5.74, 6) is 7.23. The number of rotatable bonds is 7. The number of amides is 1. The van der Waals surface area contributed by atoms with Crippen LogP contribution >= 0.6 is 0 Å². The molecule has 10 atom stereocenters. The number of hydrogen-bond acceptors (Lipinski definition) is 1. The molecule has 0 saturated heterocycles. The highest BCUT2D eigenvalue weighted by molar-refractivity contribution is 5.87. The summed E-state index contributed by atoms with van der Waals surface area (Å²) in [4.78, 5) is 14.2. The second-order valence-electron chi connectivity index (χ2n) is 14.2. The molecule has 1 unspecified atom stereocenters. The molecule has 0 heterocycles. The molecule has 0 spiro atoms. The van der Waals surface area contributed by atoms with Crippen LogP contribution in [0.5, 0.6) is 0 Å². The zero-order chi connectivity index (χ0) is 24.8. The fourth-order valence-corrected chi connectivity index (χ4v) is 9.95. The molecule has 0 aromatic rings. The van der Waals surface area contributed by atoms with Crippen molar-refractivity contribution in [1.82, 2.24) is 4.90 Å². The zero-order valence-electron chi connectivity index (χ0n) is 23.6. The first-order valence-corrected chi connectivity index (χ1v) is 14.9. The molecular formula is C32H55NO. The molecule has 2 heteroatoms. The van der Waals surface area contributed by atoms with Gasteiger partial charge in [0.15, 0.2) is 0 Å². The van der Waals surface area contributed by atoms with Crippen molar-refractivity contribution in [3.05, 3.63) is 12.7 Å². The van der Waals surface area contributed by atoms with E-state index in [0.29, 0.717) is 16.9 Å². The van der Waals surface area contributed by atoms with Gasteiger partial charge in [-0.05, 0) is 122 Å². The molecular weight excluding hydrogens is 414 g/mol. The number of hydrogen-bond donors (Lipinski definition) is 0. The smallest absolute Gasteiger partial charge is 0.245 e. The molecule has 194 valence electrons. The van der Waals surface area contributed by atoms with E-state index in [0.717, 1.165) is 47.3 Å². The SMILES string of the molecule is C=CC(=O)N(C)[C@H]1CC[C@@]2(C)[C@@H](CC[C@@H]3[C@@H]2CC[C@]2(C)C([C@H](C)CC[C@@H](C)C(C)C)CC[C@@H]32)C1. The molecule has 4 aliphatic rings. The lowest BCUT2D eigenvalue weighted by Crippen LogP contribution is -2.55. The van der Waals surface area contributed by atoms with Crippen molar-refractivity contribution in [1.29, 1.82) is 0 Å². The van der Waals surface area contributed by atoms with E-state index in [1.807, 2.05) is 11.9 Å². The third-order valence-electron chi connectivity index (χ3n) is 12.7. The first kappa shape index (κ1) is 26.3. The minimum absolute atomic E-state index is 0.102. The van der Waals surface area contributed by atoms with Crippen LogP contribution in [0.1, 0.15) is 112 Å². The maximum atomic E-state index is 12.2. The summed E-state index contributed by atoms with van der Waals surface area (Å²) in [6.07, 6.45) is 16.8. The van der Waals surface area contributed by atoms with Crippen molar-refractivity contribution in [2.45, 2.75) is 118 Å². The van der Waals surface area contributed by atoms with Gasteiger partial charge in [0.1, 0.15) is 0 Å². The Morgan fingerprint density at radius 3 is 2.29 bits per heavy atom. The molecule has 4 fully saturated rings. The molecule has 34 heavy (non-hydrogen) atoms. The summed E-state index contributed by atoms with van der Waals surface area (Å²) in [6, 6.07) is 0.416. The van der Waals surface area contributed by atoms with Gasteiger partial charge in [-0.3, -0.25) is 4.79 Å². The summed E-state index contributed by atoms with van der Waals surface area (Å²) in [7, 11) is 2.00. The van der Waals surface area contributed by atoms with Crippen LogP contribution in [0.15, 0.2) is 12.7 Å². The van der Waals surface area contributed by atoms with E-state index in [4.69, 9.17) is 0 Å². The average molecular weight is 470 g/mol. The maximum absolute atomic E-state index is 12.2. The Morgan fingerprint density at radius 1 is 0.941 bits per heavy atom. The van der Waals surface area contributed by atoms with Crippen LogP contribution in [-0.2, 0) is 4.79 Å². The van der Waals surface area contributed by atoms with Crippen molar-refractivity contribution in [2.24, 2.45) is 58.2 Å². The lowest BCUT2D eigenvalue weighted by atomic mass is 9.44. The number of fused-ring (bicyclic) bond motifs is 5. The van der Waals surface area contributed by atoms with Crippen molar-refractivity contribution in [2.75, 3.05) is 7.05 Å². The Labute approximate surface area is 211 Å². The summed E-state index contributed by atoms with van der Waals surface area (Å²) in [5.41, 5.74) is 1.08. The summed E-state index contributed by atoms with van der Waals surface area (Å²) in [6.45, 7) is 18.9. The summed E-state index contributed by atoms with van der Waals surface area (Å²) in [5, 5.41) is 0. The topological polar surface area (TPSA) is 20.3 Å². The van der Waals surface area contributed by atoms with Gasteiger partial charge in [0.25, 0.3) is 0 Å². The van der Waals surface area contributed by atoms with Gasteiger partial charge in [0.2, 0.25) is 5.91 Å². The van der Waals surface area contributed by atoms with E-state index in [1.165, 1.54) is 76.7 Å². The van der Waals surface area contributed by atoms with Crippen LogP contribution in [0.3, 0.4) is 0 Å². The van der Waals surface area contributed by atoms with E-state index in [9.17, 15) is 4.79 Å². The first-order valence-electron chi connectivity index (χ1n) is 14.9. The minimum Gasteiger partial charge on any atom is -0.339 e. The van der Waals surface area contributed by atoms with E-state index in [2.05, 4.69) is 48.1 Å². The standard InChI is InChI=1S/C32H55NO/c1-9-30(34)33(8)25-16-18-31(6)24(20-25)12-13-26-28-15-14-27(32(28,7)19-17-29(26)31)23(5)11-10-22(4)21(2)3/h9,21-29H,1,10-20H2,2-8H3/t22-,23-,24+,25+,26+,27?,28+,29+,31+,32-/m1/s1. The maximum Gasteiger partial charge on any atom is 0.245 e. The highest BCUT2D eigenvalue weighted by atomic mass is 16.2. The fraction of sp³-hybridized carbons (Fsp3) is 0.906. The van der Waals surface area contributed by atoms with Gasteiger partial charge in [-0.1, -0.05) is 61.0 Å². The van der Waals surface area contributed by atoms with Gasteiger partial charge in [0, 0.05) is 13.1 Å². The highest BCUT2D eigenvalue weighted by Gasteiger charge is 2.60. The van der Waals surface area contributed by atoms with Crippen LogP contribution in [0, 0.1) is 58.2 Å². The minimum atomic E-state index is 0.102. The molecule has 0 bridgehead atoms. The van der Waals surface area contributed by atoms with Crippen LogP contribution in [0.2, 0.25) is 0 Å². The Kier molecular flexibility index (Phi) is 7.67. The fourth-order valence-electron chi connectivity index (χ4n) is 9.95. The summed E-state index contributed by atoms with van der Waals surface area (Å²) < 4.78 is 0. The normalized spacial score (nSPS) is 43.4. The van der Waals surface area contributed by atoms with Crippen molar-refractivity contribution < 1.29 is 4.79 Å². The predicted octanol–water partition coefficient (Wildman–Crippen LogP) is 8.37. The number of carbonyl (C=O) groups excluding carboxylic acids is 1. The van der Waals surface area contributed by atoms with Gasteiger partial charge in [-0.15, -0.1) is 0 Å². The zero-order valence-corrected chi connectivity index (χ0v) is 23.6. The molecule has 4 rings (SSSR count). The average Bonchev–Trinajstić information content (AvgIpc) is 3.17. The Bertz CT molecular complexity index is 743. The van der Waals surface area contributed by atoms with Crippen LogP contribution in [0.25, 0.3) is 0 Å². The molecule has 4 aliphatic carbocycles. The molecule has 1 amide bonds. The molecule has 4 saturated carbocycles. The molecule has 0 aromatic carbocycles. The van der Waals surface area contributed by atoms with Crippen LogP contribution < -0.4 is 0 Å². The first-order chi connectivity index (χ1) is 16.0. The summed E-state index contributed by atoms with van der Waals surface area (Å²) >= 11 is 0. The largest absolute Gasteiger partial charge is 0.339 e. The number of carbonyl (C=O) groups is 1. The van der Waals surface area contributed by atoms with E-state index >= 15 is 0 Å². The number of nitrogens with zero attached hydrogens (tertiary/aromatic N) is 1. The Morgan fingerprint density at radius 2 is 1.62 bits per heavy atom. The van der Waals surface area contributed by atoms with Gasteiger partial charge in [-0.25, -0.2) is 0 Å². The Balaban J connectivity index is 1.43. The lowest BCUT2D eigenvalue weighted by molar-refractivity contribution is -0.137. The second kappa shape index (κ2) is 9.93. The highest BCUT2D eigenvalue weighted by Crippen LogP contribution is 2.68. The van der Waals surface area contributed by atoms with Gasteiger partial charge < -0.3 is 4.90 Å².